The largest absolute Gasteiger partial charge is 0.480 e. The van der Waals surface area contributed by atoms with Crippen LogP contribution in [0.5, 0.6) is 5.75 Å². The lowest BCUT2D eigenvalue weighted by atomic mass is 10.2. The van der Waals surface area contributed by atoms with Crippen molar-refractivity contribution in [2.75, 3.05) is 6.54 Å². The Morgan fingerprint density at radius 2 is 2.29 bits per heavy atom. The fraction of sp³-hybridized carbons (Fsp3) is 0.357. The minimum atomic E-state index is -0.432. The van der Waals surface area contributed by atoms with Crippen molar-refractivity contribution in [3.8, 4) is 5.75 Å². The van der Waals surface area contributed by atoms with Gasteiger partial charge in [-0.3, -0.25) is 10.1 Å². The van der Waals surface area contributed by atoms with Crippen molar-refractivity contribution in [1.82, 2.24) is 10.3 Å². The minimum absolute atomic E-state index is 0.0257. The molecule has 0 fully saturated rings. The summed E-state index contributed by atoms with van der Waals surface area (Å²) in [5.41, 5.74) is 1.71. The van der Waals surface area contributed by atoms with Crippen LogP contribution in [-0.2, 0) is 13.2 Å². The number of hydrogen-bond acceptors (Lipinski definition) is 6. The second kappa shape index (κ2) is 7.14. The molecule has 2 aromatic rings. The summed E-state index contributed by atoms with van der Waals surface area (Å²) in [5, 5.41) is 17.1. The molecule has 1 heterocycles. The molecule has 0 aliphatic carbocycles. The number of nitrogens with zero attached hydrogens (tertiary/aromatic N) is 2. The molecule has 0 amide bonds. The maximum Gasteiger partial charge on any atom is 0.310 e. The molecule has 0 unspecified atom stereocenters. The monoisotopic (exact) mass is 307 g/mol. The highest BCUT2D eigenvalue weighted by Gasteiger charge is 2.16. The maximum atomic E-state index is 11.1. The highest BCUT2D eigenvalue weighted by Crippen LogP contribution is 2.28. The van der Waals surface area contributed by atoms with Crippen LogP contribution in [0.1, 0.15) is 23.2 Å². The van der Waals surface area contributed by atoms with Gasteiger partial charge in [0, 0.05) is 18.0 Å². The van der Waals surface area contributed by atoms with Crippen LogP contribution in [0.25, 0.3) is 0 Å². The molecular formula is C14H17N3O3S. The summed E-state index contributed by atoms with van der Waals surface area (Å²) in [6.45, 7) is 5.64. The number of aromatic nitrogens is 1. The zero-order valence-corrected chi connectivity index (χ0v) is 12.8. The van der Waals surface area contributed by atoms with Crippen molar-refractivity contribution in [3.05, 3.63) is 50.0 Å². The molecule has 0 aliphatic rings. The molecule has 7 heteroatoms. The van der Waals surface area contributed by atoms with Gasteiger partial charge in [-0.1, -0.05) is 13.0 Å². The lowest BCUT2D eigenvalue weighted by molar-refractivity contribution is -0.386. The van der Waals surface area contributed by atoms with Gasteiger partial charge in [0.05, 0.1) is 15.6 Å². The molecular weight excluding hydrogens is 290 g/mol. The van der Waals surface area contributed by atoms with Crippen molar-refractivity contribution in [3.63, 3.8) is 0 Å². The molecule has 0 aliphatic heterocycles. The van der Waals surface area contributed by atoms with Gasteiger partial charge in [0.25, 0.3) is 0 Å². The summed E-state index contributed by atoms with van der Waals surface area (Å²) in [4.78, 5) is 14.9. The number of nitrogens with one attached hydrogen (secondary N) is 1. The smallest absolute Gasteiger partial charge is 0.310 e. The Kier molecular flexibility index (Phi) is 5.24. The fourth-order valence-corrected chi connectivity index (χ4v) is 2.43. The number of rotatable bonds is 7. The average molecular weight is 307 g/mol. The number of hydrogen-bond donors (Lipinski definition) is 1. The third-order valence-corrected chi connectivity index (χ3v) is 3.66. The van der Waals surface area contributed by atoms with Gasteiger partial charge in [-0.25, -0.2) is 4.98 Å². The molecule has 2 rings (SSSR count). The summed E-state index contributed by atoms with van der Waals surface area (Å²) in [6, 6.07) is 4.93. The minimum Gasteiger partial charge on any atom is -0.480 e. The molecule has 0 bridgehead atoms. The Labute approximate surface area is 126 Å². The SMILES string of the molecule is CCNCc1ccc([N+](=O)[O-])c(OCc2csc(C)n2)c1. The molecule has 0 saturated heterocycles. The van der Waals surface area contributed by atoms with Gasteiger partial charge in [-0.15, -0.1) is 11.3 Å². The number of nitro groups is 1. The number of aryl methyl sites for hydroxylation is 1. The number of ether oxygens (including phenoxy) is 1. The first-order chi connectivity index (χ1) is 10.1. The van der Waals surface area contributed by atoms with Crippen LogP contribution in [0.15, 0.2) is 23.6 Å². The van der Waals surface area contributed by atoms with E-state index in [1.54, 1.807) is 12.1 Å². The fourth-order valence-electron chi connectivity index (χ4n) is 1.83. The zero-order valence-electron chi connectivity index (χ0n) is 12.0. The van der Waals surface area contributed by atoms with Crippen molar-refractivity contribution in [2.45, 2.75) is 27.0 Å². The van der Waals surface area contributed by atoms with E-state index >= 15 is 0 Å². The lowest BCUT2D eigenvalue weighted by Crippen LogP contribution is -2.12. The predicted molar refractivity (Wildman–Crippen MR) is 81.7 cm³/mol. The van der Waals surface area contributed by atoms with Gasteiger partial charge in [0.15, 0.2) is 5.75 Å². The Morgan fingerprint density at radius 3 is 2.90 bits per heavy atom. The molecule has 0 saturated carbocycles. The van der Waals surface area contributed by atoms with E-state index in [0.29, 0.717) is 6.54 Å². The summed E-state index contributed by atoms with van der Waals surface area (Å²) in [6.07, 6.45) is 0. The third-order valence-electron chi connectivity index (χ3n) is 2.84. The first-order valence-electron chi connectivity index (χ1n) is 6.62. The van der Waals surface area contributed by atoms with Gasteiger partial charge in [-0.05, 0) is 25.1 Å². The molecule has 21 heavy (non-hydrogen) atoms. The normalized spacial score (nSPS) is 10.6. The topological polar surface area (TPSA) is 77.3 Å². The van der Waals surface area contributed by atoms with Crippen LogP contribution in [0.3, 0.4) is 0 Å². The Morgan fingerprint density at radius 1 is 1.48 bits per heavy atom. The van der Waals surface area contributed by atoms with Gasteiger partial charge in [-0.2, -0.15) is 0 Å². The number of benzene rings is 1. The van der Waals surface area contributed by atoms with Gasteiger partial charge >= 0.3 is 5.69 Å². The predicted octanol–water partition coefficient (Wildman–Crippen LogP) is 3.05. The average Bonchev–Trinajstić information content (AvgIpc) is 2.88. The van der Waals surface area contributed by atoms with Crippen LogP contribution in [-0.4, -0.2) is 16.5 Å². The van der Waals surface area contributed by atoms with Crippen LogP contribution >= 0.6 is 11.3 Å². The molecule has 0 radical (unpaired) electrons. The Balaban J connectivity index is 2.15. The van der Waals surface area contributed by atoms with Gasteiger partial charge < -0.3 is 10.1 Å². The number of nitro benzene ring substituents is 1. The Hall–Kier alpha value is -1.99. The zero-order chi connectivity index (χ0) is 15.2. The summed E-state index contributed by atoms with van der Waals surface area (Å²) in [7, 11) is 0. The molecule has 0 spiro atoms. The van der Waals surface area contributed by atoms with Gasteiger partial charge in [0.2, 0.25) is 0 Å². The quantitative estimate of drug-likeness (QED) is 0.628. The summed E-state index contributed by atoms with van der Waals surface area (Å²) >= 11 is 1.53. The maximum absolute atomic E-state index is 11.1. The van der Waals surface area contributed by atoms with E-state index in [4.69, 9.17) is 4.74 Å². The second-order valence-corrected chi connectivity index (χ2v) is 5.55. The standard InChI is InChI=1S/C14H17N3O3S/c1-3-15-7-11-4-5-13(17(18)19)14(6-11)20-8-12-9-21-10(2)16-12/h4-6,9,15H,3,7-8H2,1-2H3. The van der Waals surface area contributed by atoms with E-state index in [9.17, 15) is 10.1 Å². The second-order valence-electron chi connectivity index (χ2n) is 4.49. The highest BCUT2D eigenvalue weighted by atomic mass is 32.1. The summed E-state index contributed by atoms with van der Waals surface area (Å²) < 4.78 is 5.59. The molecule has 6 nitrogen and oxygen atoms in total. The van der Waals surface area contributed by atoms with E-state index in [-0.39, 0.29) is 18.0 Å². The van der Waals surface area contributed by atoms with E-state index in [1.165, 1.54) is 17.4 Å². The van der Waals surface area contributed by atoms with E-state index in [2.05, 4.69) is 10.3 Å². The third kappa shape index (κ3) is 4.24. The van der Waals surface area contributed by atoms with Crippen LogP contribution in [0, 0.1) is 17.0 Å². The van der Waals surface area contributed by atoms with E-state index < -0.39 is 4.92 Å². The van der Waals surface area contributed by atoms with Crippen LogP contribution in [0.4, 0.5) is 5.69 Å². The van der Waals surface area contributed by atoms with Crippen molar-refractivity contribution < 1.29 is 9.66 Å². The molecule has 112 valence electrons. The highest BCUT2D eigenvalue weighted by molar-refractivity contribution is 7.09. The Bertz CT molecular complexity index is 628. The van der Waals surface area contributed by atoms with E-state index in [0.717, 1.165) is 22.8 Å². The molecule has 1 aromatic carbocycles. The molecule has 0 atom stereocenters. The molecule has 1 aromatic heterocycles. The molecule has 1 N–H and O–H groups in total. The van der Waals surface area contributed by atoms with Gasteiger partial charge in [0.1, 0.15) is 6.61 Å². The van der Waals surface area contributed by atoms with Crippen molar-refractivity contribution in [2.24, 2.45) is 0 Å². The first kappa shape index (κ1) is 15.4. The first-order valence-corrected chi connectivity index (χ1v) is 7.50. The van der Waals surface area contributed by atoms with Crippen LogP contribution in [0.2, 0.25) is 0 Å². The van der Waals surface area contributed by atoms with Crippen molar-refractivity contribution >= 4 is 17.0 Å². The number of thiazole rings is 1. The lowest BCUT2D eigenvalue weighted by Gasteiger charge is -2.08. The summed E-state index contributed by atoms with van der Waals surface area (Å²) in [5.74, 6) is 0.279. The van der Waals surface area contributed by atoms with Crippen LogP contribution < -0.4 is 10.1 Å². The van der Waals surface area contributed by atoms with E-state index in [1.807, 2.05) is 19.2 Å². The van der Waals surface area contributed by atoms with Crippen molar-refractivity contribution in [1.29, 1.82) is 0 Å².